The predicted molar refractivity (Wildman–Crippen MR) is 105 cm³/mol. The molecule has 1 fully saturated rings. The molecule has 0 saturated heterocycles. The largest absolute Gasteiger partial charge is 0.369 e. The van der Waals surface area contributed by atoms with E-state index in [1.807, 2.05) is 48.2 Å². The zero-order valence-electron chi connectivity index (χ0n) is 15.4. The van der Waals surface area contributed by atoms with Gasteiger partial charge in [-0.2, -0.15) is 4.99 Å². The molecule has 5 N–H and O–H groups in total. The highest BCUT2D eigenvalue weighted by Crippen LogP contribution is 2.41. The minimum atomic E-state index is -0.531. The third-order valence-corrected chi connectivity index (χ3v) is 4.73. The second-order valence-electron chi connectivity index (χ2n) is 7.12. The Hall–Kier alpha value is -2.61. The molecule has 1 aromatic rings. The number of para-hydroxylation sites is 2. The van der Waals surface area contributed by atoms with Gasteiger partial charge in [-0.3, -0.25) is 9.69 Å². The number of hydrogen-bond donors (Lipinski definition) is 3. The first-order valence-corrected chi connectivity index (χ1v) is 8.95. The molecule has 1 aromatic carbocycles. The van der Waals surface area contributed by atoms with Crippen molar-refractivity contribution in [2.45, 2.75) is 37.8 Å². The molecule has 1 heterocycles. The summed E-state index contributed by atoms with van der Waals surface area (Å²) in [5, 5.41) is 2.98. The molecular formula is C18H27N7O. The molecule has 0 aromatic heterocycles. The minimum Gasteiger partial charge on any atom is -0.369 e. The van der Waals surface area contributed by atoms with E-state index in [0.717, 1.165) is 31.4 Å². The van der Waals surface area contributed by atoms with Crippen LogP contribution in [-0.2, 0) is 4.79 Å². The molecule has 1 amide bonds. The SMILES string of the molecule is CN(C)CC(=O)Nc1ccccc1N1C(N)=NC(N)=NC12CCCCC2. The lowest BCUT2D eigenvalue weighted by Crippen LogP contribution is -2.58. The van der Waals surface area contributed by atoms with E-state index in [1.165, 1.54) is 6.42 Å². The fraction of sp³-hybridized carbons (Fsp3) is 0.500. The highest BCUT2D eigenvalue weighted by Gasteiger charge is 2.43. The van der Waals surface area contributed by atoms with E-state index in [-0.39, 0.29) is 11.9 Å². The molecule has 0 atom stereocenters. The number of amides is 1. The van der Waals surface area contributed by atoms with Crippen LogP contribution < -0.4 is 21.7 Å². The number of likely N-dealkylation sites (N-methyl/N-ethyl adjacent to an activating group) is 1. The Kier molecular flexibility index (Phi) is 5.13. The molecule has 3 rings (SSSR count). The quantitative estimate of drug-likeness (QED) is 0.752. The van der Waals surface area contributed by atoms with Gasteiger partial charge in [0.15, 0.2) is 0 Å². The van der Waals surface area contributed by atoms with Crippen LogP contribution in [0.25, 0.3) is 0 Å². The third kappa shape index (κ3) is 3.65. The van der Waals surface area contributed by atoms with E-state index in [0.29, 0.717) is 18.2 Å². The van der Waals surface area contributed by atoms with Gasteiger partial charge in [0.1, 0.15) is 5.66 Å². The summed E-state index contributed by atoms with van der Waals surface area (Å²) in [5.41, 5.74) is 13.2. The number of nitrogens with one attached hydrogen (secondary N) is 1. The van der Waals surface area contributed by atoms with Crippen LogP contribution in [-0.4, -0.2) is 49.0 Å². The Bertz CT molecular complexity index is 735. The number of nitrogens with two attached hydrogens (primary N) is 2. The fourth-order valence-electron chi connectivity index (χ4n) is 3.72. The van der Waals surface area contributed by atoms with Gasteiger partial charge in [-0.1, -0.05) is 18.6 Å². The second-order valence-corrected chi connectivity index (χ2v) is 7.12. The zero-order chi connectivity index (χ0) is 18.7. The first kappa shape index (κ1) is 18.2. The molecule has 1 aliphatic carbocycles. The van der Waals surface area contributed by atoms with Gasteiger partial charge in [-0.25, -0.2) is 4.99 Å². The van der Waals surface area contributed by atoms with E-state index in [4.69, 9.17) is 11.5 Å². The van der Waals surface area contributed by atoms with Gasteiger partial charge in [0.25, 0.3) is 0 Å². The van der Waals surface area contributed by atoms with Crippen LogP contribution in [0.1, 0.15) is 32.1 Å². The molecule has 0 radical (unpaired) electrons. The van der Waals surface area contributed by atoms with E-state index in [1.54, 1.807) is 0 Å². The third-order valence-electron chi connectivity index (χ3n) is 4.73. The molecule has 1 saturated carbocycles. The molecule has 1 spiro atoms. The van der Waals surface area contributed by atoms with Crippen molar-refractivity contribution in [1.29, 1.82) is 0 Å². The summed E-state index contributed by atoms with van der Waals surface area (Å²) >= 11 is 0. The number of carbonyl (C=O) groups is 1. The number of benzene rings is 1. The Labute approximate surface area is 154 Å². The number of hydrogen-bond acceptors (Lipinski definition) is 7. The highest BCUT2D eigenvalue weighted by atomic mass is 16.2. The van der Waals surface area contributed by atoms with Gasteiger partial charge in [0, 0.05) is 0 Å². The Balaban J connectivity index is 1.99. The molecular weight excluding hydrogens is 330 g/mol. The van der Waals surface area contributed by atoms with Crippen molar-refractivity contribution in [3.8, 4) is 0 Å². The number of guanidine groups is 2. The Morgan fingerprint density at radius 2 is 1.92 bits per heavy atom. The lowest BCUT2D eigenvalue weighted by molar-refractivity contribution is -0.116. The minimum absolute atomic E-state index is 0.0873. The molecule has 0 unspecified atom stereocenters. The molecule has 2 aliphatic rings. The summed E-state index contributed by atoms with van der Waals surface area (Å²) in [6.07, 6.45) is 4.97. The lowest BCUT2D eigenvalue weighted by atomic mass is 9.87. The Morgan fingerprint density at radius 1 is 1.23 bits per heavy atom. The van der Waals surface area contributed by atoms with Crippen molar-refractivity contribution in [2.24, 2.45) is 21.5 Å². The van der Waals surface area contributed by atoms with Crippen molar-refractivity contribution in [3.05, 3.63) is 24.3 Å². The number of anilines is 2. The first-order valence-electron chi connectivity index (χ1n) is 8.95. The van der Waals surface area contributed by atoms with Gasteiger partial charge < -0.3 is 21.7 Å². The lowest BCUT2D eigenvalue weighted by Gasteiger charge is -2.46. The van der Waals surface area contributed by atoms with Gasteiger partial charge in [0.2, 0.25) is 17.8 Å². The summed E-state index contributed by atoms with van der Waals surface area (Å²) in [5.74, 6) is 0.444. The van der Waals surface area contributed by atoms with Crippen LogP contribution in [0.2, 0.25) is 0 Å². The van der Waals surface area contributed by atoms with E-state index in [9.17, 15) is 4.79 Å². The van der Waals surface area contributed by atoms with Gasteiger partial charge in [-0.05, 0) is 51.9 Å². The van der Waals surface area contributed by atoms with Crippen LogP contribution in [0.4, 0.5) is 11.4 Å². The summed E-state index contributed by atoms with van der Waals surface area (Å²) < 4.78 is 0. The summed E-state index contributed by atoms with van der Waals surface area (Å²) in [6, 6.07) is 7.61. The predicted octanol–water partition coefficient (Wildman–Crippen LogP) is 1.30. The van der Waals surface area contributed by atoms with Crippen LogP contribution >= 0.6 is 0 Å². The smallest absolute Gasteiger partial charge is 0.238 e. The van der Waals surface area contributed by atoms with Crippen LogP contribution in [0.5, 0.6) is 0 Å². The van der Waals surface area contributed by atoms with Gasteiger partial charge in [-0.15, -0.1) is 0 Å². The number of carbonyl (C=O) groups excluding carboxylic acids is 1. The maximum Gasteiger partial charge on any atom is 0.238 e. The van der Waals surface area contributed by atoms with Crippen molar-refractivity contribution in [2.75, 3.05) is 30.9 Å². The highest BCUT2D eigenvalue weighted by molar-refractivity contribution is 6.08. The molecule has 0 bridgehead atoms. The van der Waals surface area contributed by atoms with Crippen molar-refractivity contribution >= 4 is 29.2 Å². The van der Waals surface area contributed by atoms with Crippen LogP contribution in [0.3, 0.4) is 0 Å². The van der Waals surface area contributed by atoms with Crippen LogP contribution in [0.15, 0.2) is 34.3 Å². The summed E-state index contributed by atoms with van der Waals surface area (Å²) in [7, 11) is 3.71. The topological polar surface area (TPSA) is 112 Å². The standard InChI is InChI=1S/C18H27N7O/c1-24(2)12-15(26)21-13-8-4-5-9-14(13)25-17(20)22-16(19)23-18(25)10-6-3-7-11-18/h4-5,8-9H,3,6-7,10-12H2,1-2H3,(H,21,26)(H4,19,20,22,23). The molecule has 26 heavy (non-hydrogen) atoms. The number of rotatable bonds is 4. The molecule has 140 valence electrons. The average Bonchev–Trinajstić information content (AvgIpc) is 2.55. The summed E-state index contributed by atoms with van der Waals surface area (Å²) in [4.78, 5) is 24.9. The zero-order valence-corrected chi connectivity index (χ0v) is 15.4. The second kappa shape index (κ2) is 7.33. The fourth-order valence-corrected chi connectivity index (χ4v) is 3.72. The van der Waals surface area contributed by atoms with Gasteiger partial charge in [0.05, 0.1) is 17.9 Å². The first-order chi connectivity index (χ1) is 12.4. The number of aliphatic imine (C=N–C) groups is 2. The maximum absolute atomic E-state index is 12.3. The maximum atomic E-state index is 12.3. The Morgan fingerprint density at radius 3 is 2.62 bits per heavy atom. The molecule has 8 nitrogen and oxygen atoms in total. The van der Waals surface area contributed by atoms with Crippen LogP contribution in [0, 0.1) is 0 Å². The van der Waals surface area contributed by atoms with E-state index >= 15 is 0 Å². The van der Waals surface area contributed by atoms with Crippen molar-refractivity contribution in [1.82, 2.24) is 4.90 Å². The van der Waals surface area contributed by atoms with Crippen molar-refractivity contribution < 1.29 is 4.79 Å². The van der Waals surface area contributed by atoms with E-state index < -0.39 is 5.66 Å². The summed E-state index contributed by atoms with van der Waals surface area (Å²) in [6.45, 7) is 0.300. The van der Waals surface area contributed by atoms with E-state index in [2.05, 4.69) is 15.3 Å². The van der Waals surface area contributed by atoms with Gasteiger partial charge >= 0.3 is 0 Å². The average molecular weight is 357 g/mol. The number of nitrogens with zero attached hydrogens (tertiary/aromatic N) is 4. The molecule has 8 heteroatoms. The normalized spacial score (nSPS) is 19.3. The van der Waals surface area contributed by atoms with Crippen molar-refractivity contribution in [3.63, 3.8) is 0 Å². The molecule has 1 aliphatic heterocycles. The monoisotopic (exact) mass is 357 g/mol.